The van der Waals surface area contributed by atoms with Gasteiger partial charge in [-0.3, -0.25) is 9.59 Å². The maximum atomic E-state index is 14.3. The Kier molecular flexibility index (Phi) is 10.4. The molecular formula is C30H40ClN3O4S. The van der Waals surface area contributed by atoms with Gasteiger partial charge >= 0.3 is 6.09 Å². The SMILES string of the molecule is CSCCC(NC(=O)OC(C)(C)C)C(=O)N(C1CC1)C(C(=O)Nc1c(C)cccc1Cl)c1c(C)cccc1C. The molecule has 3 rings (SSSR count). The lowest BCUT2D eigenvalue weighted by Gasteiger charge is -2.36. The Morgan fingerprint density at radius 2 is 1.64 bits per heavy atom. The van der Waals surface area contributed by atoms with E-state index in [1.165, 1.54) is 0 Å². The maximum Gasteiger partial charge on any atom is 0.408 e. The Bertz CT molecular complexity index is 1170. The van der Waals surface area contributed by atoms with Crippen LogP contribution in [0.2, 0.25) is 5.02 Å². The third kappa shape index (κ3) is 8.15. The lowest BCUT2D eigenvalue weighted by atomic mass is 9.93. The van der Waals surface area contributed by atoms with Crippen LogP contribution in [0.25, 0.3) is 0 Å². The second-order valence-electron chi connectivity index (χ2n) is 11.1. The molecular weight excluding hydrogens is 534 g/mol. The number of alkyl carbamates (subject to hydrolysis) is 1. The van der Waals surface area contributed by atoms with Crippen molar-refractivity contribution >= 4 is 47.0 Å². The fraction of sp³-hybridized carbons (Fsp3) is 0.500. The molecule has 0 bridgehead atoms. The normalized spacial score (nSPS) is 14.8. The summed E-state index contributed by atoms with van der Waals surface area (Å²) in [5.74, 6) is 0.0184. The summed E-state index contributed by atoms with van der Waals surface area (Å²) < 4.78 is 5.47. The number of thioether (sulfide) groups is 1. The van der Waals surface area contributed by atoms with E-state index in [1.807, 2.05) is 57.4 Å². The smallest absolute Gasteiger partial charge is 0.408 e. The molecule has 2 aromatic rings. The van der Waals surface area contributed by atoms with Crippen molar-refractivity contribution in [2.45, 2.75) is 84.5 Å². The number of aryl methyl sites for hydroxylation is 3. The lowest BCUT2D eigenvalue weighted by Crippen LogP contribution is -2.53. The van der Waals surface area contributed by atoms with Crippen molar-refractivity contribution in [1.82, 2.24) is 10.2 Å². The molecule has 212 valence electrons. The molecule has 0 saturated heterocycles. The van der Waals surface area contributed by atoms with Crippen molar-refractivity contribution in [3.05, 3.63) is 63.7 Å². The molecule has 1 aliphatic carbocycles. The fourth-order valence-electron chi connectivity index (χ4n) is 4.63. The largest absolute Gasteiger partial charge is 0.444 e. The van der Waals surface area contributed by atoms with Crippen LogP contribution < -0.4 is 10.6 Å². The van der Waals surface area contributed by atoms with E-state index < -0.39 is 23.8 Å². The molecule has 1 fully saturated rings. The molecule has 1 aliphatic rings. The maximum absolute atomic E-state index is 14.3. The van der Waals surface area contributed by atoms with Crippen LogP contribution in [0.1, 0.15) is 68.3 Å². The van der Waals surface area contributed by atoms with Crippen LogP contribution in [0.15, 0.2) is 36.4 Å². The van der Waals surface area contributed by atoms with Crippen LogP contribution in [0.4, 0.5) is 10.5 Å². The van der Waals surface area contributed by atoms with Crippen molar-refractivity contribution in [1.29, 1.82) is 0 Å². The van der Waals surface area contributed by atoms with E-state index in [-0.39, 0.29) is 17.9 Å². The van der Waals surface area contributed by atoms with Crippen LogP contribution in [-0.4, -0.2) is 52.5 Å². The lowest BCUT2D eigenvalue weighted by molar-refractivity contribution is -0.141. The van der Waals surface area contributed by atoms with E-state index in [0.717, 1.165) is 35.1 Å². The number of anilines is 1. The highest BCUT2D eigenvalue weighted by Crippen LogP contribution is 2.39. The molecule has 2 atom stereocenters. The topological polar surface area (TPSA) is 87.7 Å². The van der Waals surface area contributed by atoms with E-state index in [2.05, 4.69) is 10.6 Å². The summed E-state index contributed by atoms with van der Waals surface area (Å²) in [6, 6.07) is 9.41. The highest BCUT2D eigenvalue weighted by Gasteiger charge is 2.45. The molecule has 0 spiro atoms. The number of halogens is 1. The van der Waals surface area contributed by atoms with Gasteiger partial charge in [-0.2, -0.15) is 11.8 Å². The van der Waals surface area contributed by atoms with Crippen molar-refractivity contribution < 1.29 is 19.1 Å². The average molecular weight is 574 g/mol. The van der Waals surface area contributed by atoms with Gasteiger partial charge < -0.3 is 20.3 Å². The molecule has 2 aromatic carbocycles. The summed E-state index contributed by atoms with van der Waals surface area (Å²) in [5.41, 5.74) is 3.23. The number of nitrogens with one attached hydrogen (secondary N) is 2. The van der Waals surface area contributed by atoms with Crippen molar-refractivity contribution in [3.63, 3.8) is 0 Å². The number of rotatable bonds is 10. The van der Waals surface area contributed by atoms with Gasteiger partial charge in [0.05, 0.1) is 10.7 Å². The summed E-state index contributed by atoms with van der Waals surface area (Å²) >= 11 is 8.05. The number of para-hydroxylation sites is 1. The number of amides is 3. The van der Waals surface area contributed by atoms with Crippen LogP contribution >= 0.6 is 23.4 Å². The molecule has 2 N–H and O–H groups in total. The highest BCUT2D eigenvalue weighted by atomic mass is 35.5. The predicted octanol–water partition coefficient (Wildman–Crippen LogP) is 6.58. The average Bonchev–Trinajstić information content (AvgIpc) is 3.67. The van der Waals surface area contributed by atoms with Gasteiger partial charge in [0, 0.05) is 6.04 Å². The van der Waals surface area contributed by atoms with Crippen LogP contribution in [0, 0.1) is 20.8 Å². The number of benzene rings is 2. The third-order valence-electron chi connectivity index (χ3n) is 6.61. The molecule has 0 heterocycles. The zero-order valence-corrected chi connectivity index (χ0v) is 25.5. The number of hydrogen-bond donors (Lipinski definition) is 2. The van der Waals surface area contributed by atoms with E-state index in [4.69, 9.17) is 16.3 Å². The van der Waals surface area contributed by atoms with Crippen molar-refractivity contribution in [2.24, 2.45) is 0 Å². The zero-order chi connectivity index (χ0) is 28.9. The van der Waals surface area contributed by atoms with E-state index in [9.17, 15) is 14.4 Å². The quantitative estimate of drug-likeness (QED) is 0.335. The molecule has 7 nitrogen and oxygen atoms in total. The van der Waals surface area contributed by atoms with E-state index in [1.54, 1.807) is 43.5 Å². The molecule has 2 unspecified atom stereocenters. The second kappa shape index (κ2) is 13.1. The van der Waals surface area contributed by atoms with Crippen molar-refractivity contribution in [3.8, 4) is 0 Å². The van der Waals surface area contributed by atoms with Gasteiger partial charge in [0.2, 0.25) is 5.91 Å². The molecule has 1 saturated carbocycles. The van der Waals surface area contributed by atoms with Gasteiger partial charge in [0.1, 0.15) is 17.7 Å². The van der Waals surface area contributed by atoms with Gasteiger partial charge in [-0.1, -0.05) is 41.9 Å². The number of hydrogen-bond acceptors (Lipinski definition) is 5. The molecule has 9 heteroatoms. The number of ether oxygens (including phenoxy) is 1. The van der Waals surface area contributed by atoms with E-state index in [0.29, 0.717) is 22.9 Å². The Labute approximate surface area is 241 Å². The monoisotopic (exact) mass is 573 g/mol. The van der Waals surface area contributed by atoms with Gasteiger partial charge in [0.25, 0.3) is 5.91 Å². The second-order valence-corrected chi connectivity index (χ2v) is 12.5. The standard InChI is InChI=1S/C30H40ClN3O4S/c1-18-10-8-11-19(2)24(18)26(27(35)33-25-20(3)12-9-13-22(25)31)34(21-14-15-21)28(36)23(16-17-39-7)32-29(37)38-30(4,5)6/h8-13,21,23,26H,14-17H2,1-7H3,(H,32,37)(H,33,35). The van der Waals surface area contributed by atoms with Gasteiger partial charge in [-0.05, 0) is 101 Å². The summed E-state index contributed by atoms with van der Waals surface area (Å²) in [5, 5.41) is 6.25. The van der Waals surface area contributed by atoms with E-state index >= 15 is 0 Å². The summed E-state index contributed by atoms with van der Waals surface area (Å²) in [7, 11) is 0. The number of carbonyl (C=O) groups excluding carboxylic acids is 3. The Morgan fingerprint density at radius 1 is 1.05 bits per heavy atom. The third-order valence-corrected chi connectivity index (χ3v) is 7.57. The molecule has 0 radical (unpaired) electrons. The minimum atomic E-state index is -0.904. The van der Waals surface area contributed by atoms with Gasteiger partial charge in [-0.25, -0.2) is 4.79 Å². The van der Waals surface area contributed by atoms with Crippen LogP contribution in [0.5, 0.6) is 0 Å². The zero-order valence-electron chi connectivity index (χ0n) is 23.9. The molecule has 0 aromatic heterocycles. The fourth-order valence-corrected chi connectivity index (χ4v) is 5.37. The predicted molar refractivity (Wildman–Crippen MR) is 160 cm³/mol. The van der Waals surface area contributed by atoms with Gasteiger partial charge in [0.15, 0.2) is 0 Å². The first kappa shape index (κ1) is 30.8. The Balaban J connectivity index is 2.06. The highest BCUT2D eigenvalue weighted by molar-refractivity contribution is 7.98. The minimum Gasteiger partial charge on any atom is -0.444 e. The summed E-state index contributed by atoms with van der Waals surface area (Å²) in [6.07, 6.45) is 3.28. The first-order valence-corrected chi connectivity index (χ1v) is 15.0. The molecule has 0 aliphatic heterocycles. The first-order chi connectivity index (χ1) is 18.3. The first-order valence-electron chi connectivity index (χ1n) is 13.3. The van der Waals surface area contributed by atoms with Crippen LogP contribution in [0.3, 0.4) is 0 Å². The summed E-state index contributed by atoms with van der Waals surface area (Å²) in [6.45, 7) is 11.1. The number of nitrogens with zero attached hydrogens (tertiary/aromatic N) is 1. The van der Waals surface area contributed by atoms with Crippen LogP contribution in [-0.2, 0) is 14.3 Å². The number of carbonyl (C=O) groups is 3. The Hall–Kier alpha value is -2.71. The summed E-state index contributed by atoms with van der Waals surface area (Å²) in [4.78, 5) is 42.9. The minimum absolute atomic E-state index is 0.114. The van der Waals surface area contributed by atoms with Crippen molar-refractivity contribution in [2.75, 3.05) is 17.3 Å². The van der Waals surface area contributed by atoms with Gasteiger partial charge in [-0.15, -0.1) is 0 Å². The molecule has 3 amide bonds. The Morgan fingerprint density at radius 3 is 2.18 bits per heavy atom. The molecule has 39 heavy (non-hydrogen) atoms.